The van der Waals surface area contributed by atoms with Gasteiger partial charge in [0.15, 0.2) is 0 Å². The number of carboxylic acid groups (broad SMARTS) is 1. The van der Waals surface area contributed by atoms with Crippen molar-refractivity contribution in [2.75, 3.05) is 33.7 Å². The lowest BCUT2D eigenvalue weighted by atomic mass is 9.71. The zero-order valence-corrected chi connectivity index (χ0v) is 17.3. The van der Waals surface area contributed by atoms with Crippen LogP contribution >= 0.6 is 0 Å². The molecule has 0 radical (unpaired) electrons. The summed E-state index contributed by atoms with van der Waals surface area (Å²) in [5, 5.41) is 7.12. The van der Waals surface area contributed by atoms with Crippen LogP contribution in [0.5, 0.6) is 0 Å². The fourth-order valence-corrected chi connectivity index (χ4v) is 4.44. The van der Waals surface area contributed by atoms with Gasteiger partial charge in [-0.1, -0.05) is 6.07 Å². The minimum Gasteiger partial charge on any atom is -0.475 e. The SMILES string of the molecule is CN(C)S(=O)(=O)N1CCC2(CC1)CN(Cc1cccnc1)C2=O.O=C(O)C(F)(F)F. The van der Waals surface area contributed by atoms with E-state index in [9.17, 15) is 26.4 Å². The number of aliphatic carboxylic acids is 1. The van der Waals surface area contributed by atoms with Crippen LogP contribution in [0, 0.1) is 5.41 Å². The number of halogens is 3. The van der Waals surface area contributed by atoms with Crippen LogP contribution in [-0.2, 0) is 26.3 Å². The largest absolute Gasteiger partial charge is 0.490 e. The maximum absolute atomic E-state index is 12.6. The number of hydrogen-bond donors (Lipinski definition) is 1. The highest BCUT2D eigenvalue weighted by atomic mass is 32.2. The van der Waals surface area contributed by atoms with Gasteiger partial charge in [0.2, 0.25) is 5.91 Å². The monoisotopic (exact) mass is 452 g/mol. The molecule has 0 bridgehead atoms. The topological polar surface area (TPSA) is 111 Å². The first kappa shape index (κ1) is 24.0. The molecule has 2 aliphatic heterocycles. The normalized spacial score (nSPS) is 19.3. The van der Waals surface area contributed by atoms with Crippen molar-refractivity contribution >= 4 is 22.1 Å². The van der Waals surface area contributed by atoms with E-state index in [4.69, 9.17) is 9.90 Å². The molecule has 168 valence electrons. The number of carboxylic acids is 1. The number of alkyl halides is 3. The predicted octanol–water partition coefficient (Wildman–Crippen LogP) is 0.946. The lowest BCUT2D eigenvalue weighted by Crippen LogP contribution is -2.64. The van der Waals surface area contributed by atoms with Gasteiger partial charge >= 0.3 is 12.1 Å². The molecule has 0 unspecified atom stereocenters. The van der Waals surface area contributed by atoms with E-state index in [1.165, 1.54) is 22.7 Å². The number of piperidine rings is 1. The second kappa shape index (κ2) is 8.86. The van der Waals surface area contributed by atoms with Crippen LogP contribution < -0.4 is 0 Å². The van der Waals surface area contributed by atoms with Crippen LogP contribution in [0.2, 0.25) is 0 Å². The van der Waals surface area contributed by atoms with E-state index in [-0.39, 0.29) is 11.3 Å². The van der Waals surface area contributed by atoms with Gasteiger partial charge in [0, 0.05) is 52.7 Å². The van der Waals surface area contributed by atoms with Gasteiger partial charge in [-0.15, -0.1) is 0 Å². The summed E-state index contributed by atoms with van der Waals surface area (Å²) >= 11 is 0. The first-order valence-electron chi connectivity index (χ1n) is 8.95. The highest BCUT2D eigenvalue weighted by Gasteiger charge is 2.53. The van der Waals surface area contributed by atoms with Crippen molar-refractivity contribution in [3.05, 3.63) is 30.1 Å². The number of aromatic nitrogens is 1. The Bertz CT molecular complexity index is 869. The molecule has 1 spiro atoms. The van der Waals surface area contributed by atoms with E-state index >= 15 is 0 Å². The molecule has 3 rings (SSSR count). The van der Waals surface area contributed by atoms with Gasteiger partial charge < -0.3 is 10.0 Å². The van der Waals surface area contributed by atoms with Crippen LogP contribution in [0.1, 0.15) is 18.4 Å². The maximum Gasteiger partial charge on any atom is 0.490 e. The van der Waals surface area contributed by atoms with Crippen molar-refractivity contribution in [2.24, 2.45) is 5.41 Å². The molecule has 0 saturated carbocycles. The van der Waals surface area contributed by atoms with Crippen molar-refractivity contribution in [3.63, 3.8) is 0 Å². The van der Waals surface area contributed by atoms with E-state index in [1.54, 1.807) is 12.4 Å². The molecule has 9 nitrogen and oxygen atoms in total. The average molecular weight is 452 g/mol. The summed E-state index contributed by atoms with van der Waals surface area (Å²) in [7, 11) is -0.317. The maximum atomic E-state index is 12.6. The molecule has 1 N–H and O–H groups in total. The molecule has 13 heteroatoms. The summed E-state index contributed by atoms with van der Waals surface area (Å²) in [5.41, 5.74) is 0.656. The van der Waals surface area contributed by atoms with E-state index in [1.807, 2.05) is 17.0 Å². The average Bonchev–Trinajstić information content (AvgIpc) is 2.68. The standard InChI is InChI=1S/C15H22N4O3S.C2HF3O2/c1-17(2)23(21,22)19-8-5-15(6-9-19)12-18(14(15)20)11-13-4-3-7-16-10-13;3-2(4,5)1(6)7/h3-4,7,10H,5-6,8-9,11-12H2,1-2H3;(H,6,7). The molecule has 1 aromatic heterocycles. The van der Waals surface area contributed by atoms with Crippen LogP contribution in [0.15, 0.2) is 24.5 Å². The van der Waals surface area contributed by atoms with E-state index in [0.717, 1.165) is 5.56 Å². The Balaban J connectivity index is 0.000000396. The molecule has 0 atom stereocenters. The van der Waals surface area contributed by atoms with Crippen molar-refractivity contribution in [2.45, 2.75) is 25.6 Å². The Labute approximate surface area is 172 Å². The van der Waals surface area contributed by atoms with Gasteiger partial charge in [-0.05, 0) is 24.5 Å². The Hall–Kier alpha value is -2.25. The Morgan fingerprint density at radius 3 is 2.27 bits per heavy atom. The molecule has 0 aliphatic carbocycles. The quantitative estimate of drug-likeness (QED) is 0.681. The lowest BCUT2D eigenvalue weighted by molar-refractivity contribution is -0.192. The number of β-lactam (4-membered cyclic amide) rings is 1. The molecule has 2 fully saturated rings. The van der Waals surface area contributed by atoms with E-state index in [0.29, 0.717) is 39.0 Å². The second-order valence-electron chi connectivity index (χ2n) is 7.29. The molecular weight excluding hydrogens is 429 g/mol. The summed E-state index contributed by atoms with van der Waals surface area (Å²) in [5.74, 6) is -2.62. The van der Waals surface area contributed by atoms with Gasteiger partial charge in [0.25, 0.3) is 10.2 Å². The van der Waals surface area contributed by atoms with Gasteiger partial charge in [-0.25, -0.2) is 4.79 Å². The number of likely N-dealkylation sites (tertiary alicyclic amines) is 1. The fraction of sp³-hybridized carbons (Fsp3) is 0.588. The number of pyridine rings is 1. The van der Waals surface area contributed by atoms with Crippen LogP contribution in [0.25, 0.3) is 0 Å². The summed E-state index contributed by atoms with van der Waals surface area (Å²) in [6.45, 7) is 2.10. The summed E-state index contributed by atoms with van der Waals surface area (Å²) in [4.78, 5) is 27.3. The van der Waals surface area contributed by atoms with Crippen LogP contribution in [0.4, 0.5) is 13.2 Å². The minimum absolute atomic E-state index is 0.142. The van der Waals surface area contributed by atoms with E-state index in [2.05, 4.69) is 4.98 Å². The van der Waals surface area contributed by atoms with Crippen molar-refractivity contribution in [1.29, 1.82) is 0 Å². The first-order valence-corrected chi connectivity index (χ1v) is 10.4. The minimum atomic E-state index is -5.08. The predicted molar refractivity (Wildman–Crippen MR) is 99.2 cm³/mol. The van der Waals surface area contributed by atoms with Gasteiger partial charge in [-0.2, -0.15) is 30.2 Å². The third-order valence-electron chi connectivity index (χ3n) is 5.04. The second-order valence-corrected chi connectivity index (χ2v) is 9.44. The zero-order chi connectivity index (χ0) is 22.7. The fourth-order valence-electron chi connectivity index (χ4n) is 3.34. The number of amides is 1. The molecule has 2 saturated heterocycles. The first-order chi connectivity index (χ1) is 13.8. The number of hydrogen-bond acceptors (Lipinski definition) is 5. The lowest BCUT2D eigenvalue weighted by Gasteiger charge is -2.52. The molecule has 0 aromatic carbocycles. The smallest absolute Gasteiger partial charge is 0.475 e. The molecule has 1 aromatic rings. The molecule has 1 amide bonds. The summed E-state index contributed by atoms with van der Waals surface area (Å²) < 4.78 is 58.7. The number of nitrogens with zero attached hydrogens (tertiary/aromatic N) is 4. The molecule has 3 heterocycles. The van der Waals surface area contributed by atoms with Crippen LogP contribution in [0.3, 0.4) is 0 Å². The highest BCUT2D eigenvalue weighted by molar-refractivity contribution is 7.86. The zero-order valence-electron chi connectivity index (χ0n) is 16.5. The summed E-state index contributed by atoms with van der Waals surface area (Å²) in [6, 6.07) is 3.82. The highest BCUT2D eigenvalue weighted by Crippen LogP contribution is 2.42. The Kier molecular flexibility index (Phi) is 7.09. The number of carbonyl (C=O) groups excluding carboxylic acids is 1. The molecule has 30 heavy (non-hydrogen) atoms. The van der Waals surface area contributed by atoms with Crippen molar-refractivity contribution in [3.8, 4) is 0 Å². The van der Waals surface area contributed by atoms with Gasteiger partial charge in [0.1, 0.15) is 0 Å². The van der Waals surface area contributed by atoms with E-state index < -0.39 is 22.4 Å². The summed E-state index contributed by atoms with van der Waals surface area (Å²) in [6.07, 6.45) is -0.404. The van der Waals surface area contributed by atoms with Crippen molar-refractivity contribution < 1.29 is 36.3 Å². The third-order valence-corrected chi connectivity index (χ3v) is 6.98. The van der Waals surface area contributed by atoms with Gasteiger partial charge in [-0.3, -0.25) is 9.78 Å². The number of rotatable bonds is 4. The molecular formula is C17H23F3N4O5S. The number of carbonyl (C=O) groups is 2. The van der Waals surface area contributed by atoms with Gasteiger partial charge in [0.05, 0.1) is 5.41 Å². The Morgan fingerprint density at radius 2 is 1.87 bits per heavy atom. The van der Waals surface area contributed by atoms with Crippen LogP contribution in [-0.4, -0.2) is 83.8 Å². The third kappa shape index (κ3) is 5.26. The van der Waals surface area contributed by atoms with Crippen molar-refractivity contribution in [1.82, 2.24) is 18.5 Å². The Morgan fingerprint density at radius 1 is 1.30 bits per heavy atom. The molecule has 2 aliphatic rings.